The van der Waals surface area contributed by atoms with Crippen LogP contribution in [0, 0.1) is 5.82 Å². The molecule has 0 radical (unpaired) electrons. The lowest BCUT2D eigenvalue weighted by molar-refractivity contribution is 0.141. The molecule has 80 valence electrons. The maximum absolute atomic E-state index is 12.6. The smallest absolute Gasteiger partial charge is 0.123 e. The fourth-order valence-electron chi connectivity index (χ4n) is 1.54. The van der Waals surface area contributed by atoms with E-state index in [-0.39, 0.29) is 11.4 Å². The van der Waals surface area contributed by atoms with Crippen LogP contribution in [0.5, 0.6) is 0 Å². The number of hydrogen-bond donors (Lipinski definition) is 1. The third-order valence-corrected chi connectivity index (χ3v) is 2.78. The predicted molar refractivity (Wildman–Crippen MR) is 58.9 cm³/mol. The van der Waals surface area contributed by atoms with E-state index in [4.69, 9.17) is 0 Å². The van der Waals surface area contributed by atoms with Crippen LogP contribution in [0.15, 0.2) is 30.3 Å². The van der Waals surface area contributed by atoms with Gasteiger partial charge in [-0.25, -0.2) is 4.39 Å². The van der Waals surface area contributed by atoms with Crippen LogP contribution < -0.4 is 0 Å². The van der Waals surface area contributed by atoms with E-state index in [0.717, 1.165) is 31.2 Å². The van der Waals surface area contributed by atoms with Crippen LogP contribution in [0.4, 0.5) is 4.39 Å². The van der Waals surface area contributed by atoms with E-state index in [1.54, 1.807) is 12.1 Å². The van der Waals surface area contributed by atoms with Crippen LogP contribution in [-0.2, 0) is 0 Å². The molecule has 0 saturated heterocycles. The number of rotatable bonds is 4. The summed E-state index contributed by atoms with van der Waals surface area (Å²) in [7, 11) is 0. The van der Waals surface area contributed by atoms with Gasteiger partial charge < -0.3 is 5.11 Å². The molecule has 0 aromatic heterocycles. The third-order valence-electron chi connectivity index (χ3n) is 2.78. The third kappa shape index (κ3) is 3.17. The van der Waals surface area contributed by atoms with E-state index in [1.165, 1.54) is 12.1 Å². The second-order valence-corrected chi connectivity index (χ2v) is 4.22. The molecule has 0 aliphatic heterocycles. The normalized spacial score (nSPS) is 18.3. The zero-order valence-corrected chi connectivity index (χ0v) is 8.62. The van der Waals surface area contributed by atoms with Gasteiger partial charge in [-0.1, -0.05) is 24.3 Å². The lowest BCUT2D eigenvalue weighted by atomic mass is 10.1. The van der Waals surface area contributed by atoms with Crippen LogP contribution in [0.1, 0.15) is 31.2 Å². The van der Waals surface area contributed by atoms with Crippen LogP contribution in [0.3, 0.4) is 0 Å². The number of allylic oxidation sites excluding steroid dienone is 1. The van der Waals surface area contributed by atoms with E-state index in [9.17, 15) is 9.50 Å². The van der Waals surface area contributed by atoms with Crippen molar-refractivity contribution in [3.63, 3.8) is 0 Å². The Hall–Kier alpha value is -1.15. The van der Waals surface area contributed by atoms with Crippen LogP contribution in [0.2, 0.25) is 0 Å². The molecule has 2 heteroatoms. The van der Waals surface area contributed by atoms with Crippen LogP contribution in [-0.4, -0.2) is 10.7 Å². The van der Waals surface area contributed by atoms with Gasteiger partial charge in [-0.3, -0.25) is 0 Å². The van der Waals surface area contributed by atoms with Crippen molar-refractivity contribution in [2.45, 2.75) is 31.3 Å². The molecule has 1 saturated carbocycles. The summed E-state index contributed by atoms with van der Waals surface area (Å²) in [6.07, 6.45) is 7.60. The van der Waals surface area contributed by atoms with E-state index in [0.29, 0.717) is 0 Å². The summed E-state index contributed by atoms with van der Waals surface area (Å²) < 4.78 is 12.6. The maximum Gasteiger partial charge on any atom is 0.123 e. The fourth-order valence-corrected chi connectivity index (χ4v) is 1.54. The first-order valence-electron chi connectivity index (χ1n) is 5.32. The molecule has 0 atom stereocenters. The van der Waals surface area contributed by atoms with Crippen molar-refractivity contribution in [1.82, 2.24) is 0 Å². The molecule has 0 unspecified atom stereocenters. The highest BCUT2D eigenvalue weighted by Crippen LogP contribution is 2.39. The van der Waals surface area contributed by atoms with Gasteiger partial charge in [0.2, 0.25) is 0 Å². The molecule has 0 amide bonds. The molecular weight excluding hydrogens is 191 g/mol. The largest absolute Gasteiger partial charge is 0.390 e. The first-order valence-corrected chi connectivity index (χ1v) is 5.32. The molecule has 1 aliphatic rings. The second kappa shape index (κ2) is 4.15. The number of benzene rings is 1. The van der Waals surface area contributed by atoms with Gasteiger partial charge in [0.25, 0.3) is 0 Å². The Morgan fingerprint density at radius 3 is 2.53 bits per heavy atom. The fraction of sp³-hybridized carbons (Fsp3) is 0.385. The molecule has 1 N–H and O–H groups in total. The van der Waals surface area contributed by atoms with E-state index in [1.807, 2.05) is 12.2 Å². The van der Waals surface area contributed by atoms with Crippen molar-refractivity contribution < 1.29 is 9.50 Å². The Balaban J connectivity index is 1.80. The van der Waals surface area contributed by atoms with Crippen LogP contribution in [0.25, 0.3) is 6.08 Å². The molecule has 1 aromatic carbocycles. The monoisotopic (exact) mass is 206 g/mol. The number of hydrogen-bond acceptors (Lipinski definition) is 1. The van der Waals surface area contributed by atoms with Crippen molar-refractivity contribution in [2.75, 3.05) is 0 Å². The summed E-state index contributed by atoms with van der Waals surface area (Å²) in [6.45, 7) is 0. The van der Waals surface area contributed by atoms with Gasteiger partial charge in [-0.05, 0) is 43.4 Å². The molecule has 0 spiro atoms. The Morgan fingerprint density at radius 2 is 1.93 bits per heavy atom. The Morgan fingerprint density at radius 1 is 1.27 bits per heavy atom. The van der Waals surface area contributed by atoms with Crippen LogP contribution >= 0.6 is 0 Å². The molecular formula is C13H15FO. The first kappa shape index (κ1) is 10.4. The zero-order chi connectivity index (χ0) is 10.7. The molecule has 15 heavy (non-hydrogen) atoms. The van der Waals surface area contributed by atoms with Crippen molar-refractivity contribution in [2.24, 2.45) is 0 Å². The van der Waals surface area contributed by atoms with Gasteiger partial charge in [-0.15, -0.1) is 0 Å². The van der Waals surface area contributed by atoms with Crippen molar-refractivity contribution in [3.05, 3.63) is 41.7 Å². The van der Waals surface area contributed by atoms with Crippen molar-refractivity contribution in [3.8, 4) is 0 Å². The maximum atomic E-state index is 12.6. The second-order valence-electron chi connectivity index (χ2n) is 4.22. The molecule has 1 aromatic rings. The summed E-state index contributed by atoms with van der Waals surface area (Å²) in [5.41, 5.74) is 0.631. The Labute approximate surface area is 89.3 Å². The lowest BCUT2D eigenvalue weighted by Gasteiger charge is -2.02. The van der Waals surface area contributed by atoms with Gasteiger partial charge in [0.05, 0.1) is 5.60 Å². The van der Waals surface area contributed by atoms with Gasteiger partial charge in [-0.2, -0.15) is 0 Å². The average Bonchev–Trinajstić information content (AvgIpc) is 2.95. The minimum Gasteiger partial charge on any atom is -0.390 e. The molecule has 1 nitrogen and oxygen atoms in total. The zero-order valence-electron chi connectivity index (χ0n) is 8.62. The first-order chi connectivity index (χ1) is 7.18. The standard InChI is InChI=1S/C13H15FO/c14-12-6-4-11(5-7-12)3-1-2-8-13(15)9-10-13/h1,3-7,15H,2,8-10H2/b3-1+. The summed E-state index contributed by atoms with van der Waals surface area (Å²) in [5.74, 6) is -0.209. The topological polar surface area (TPSA) is 20.2 Å². The van der Waals surface area contributed by atoms with E-state index < -0.39 is 0 Å². The average molecular weight is 206 g/mol. The SMILES string of the molecule is OC1(CC/C=C/c2ccc(F)cc2)CC1. The van der Waals surface area contributed by atoms with Crippen molar-refractivity contribution in [1.29, 1.82) is 0 Å². The van der Waals surface area contributed by atoms with Gasteiger partial charge >= 0.3 is 0 Å². The molecule has 0 heterocycles. The quantitative estimate of drug-likeness (QED) is 0.802. The van der Waals surface area contributed by atoms with E-state index >= 15 is 0 Å². The van der Waals surface area contributed by atoms with Gasteiger partial charge in [0.1, 0.15) is 5.82 Å². The Bertz CT molecular complexity index is 349. The van der Waals surface area contributed by atoms with Gasteiger partial charge in [0, 0.05) is 0 Å². The highest BCUT2D eigenvalue weighted by Gasteiger charge is 2.38. The summed E-state index contributed by atoms with van der Waals surface area (Å²) in [5, 5.41) is 9.58. The van der Waals surface area contributed by atoms with E-state index in [2.05, 4.69) is 0 Å². The Kier molecular flexibility index (Phi) is 2.87. The molecule has 0 bridgehead atoms. The summed E-state index contributed by atoms with van der Waals surface area (Å²) in [6, 6.07) is 6.40. The molecule has 2 rings (SSSR count). The number of aliphatic hydroxyl groups is 1. The number of halogens is 1. The van der Waals surface area contributed by atoms with Crippen molar-refractivity contribution >= 4 is 6.08 Å². The predicted octanol–water partition coefficient (Wildman–Crippen LogP) is 3.14. The van der Waals surface area contributed by atoms with Gasteiger partial charge in [0.15, 0.2) is 0 Å². The highest BCUT2D eigenvalue weighted by atomic mass is 19.1. The summed E-state index contributed by atoms with van der Waals surface area (Å²) in [4.78, 5) is 0. The molecule has 1 fully saturated rings. The minimum absolute atomic E-state index is 0.209. The highest BCUT2D eigenvalue weighted by molar-refractivity contribution is 5.48. The molecule has 1 aliphatic carbocycles. The summed E-state index contributed by atoms with van der Waals surface area (Å²) >= 11 is 0. The lowest BCUT2D eigenvalue weighted by Crippen LogP contribution is -2.04. The minimum atomic E-state index is -0.368.